The van der Waals surface area contributed by atoms with E-state index >= 15 is 0 Å². The third-order valence-corrected chi connectivity index (χ3v) is 4.34. The van der Waals surface area contributed by atoms with Gasteiger partial charge in [0.2, 0.25) is 5.91 Å². The molecule has 2 rings (SSSR count). The lowest BCUT2D eigenvalue weighted by molar-refractivity contribution is -0.152. The lowest BCUT2D eigenvalue weighted by Crippen LogP contribution is -2.47. The van der Waals surface area contributed by atoms with Crippen molar-refractivity contribution in [2.24, 2.45) is 0 Å². The molecule has 0 unspecified atom stereocenters. The average Bonchev–Trinajstić information content (AvgIpc) is 2.86. The second-order valence-electron chi connectivity index (χ2n) is 8.27. The normalized spacial score (nSPS) is 13.2. The maximum absolute atomic E-state index is 12.4. The largest absolute Gasteiger partial charge is 0.456 e. The van der Waals surface area contributed by atoms with Gasteiger partial charge in [0.05, 0.1) is 24.1 Å². The van der Waals surface area contributed by atoms with Crippen LogP contribution >= 0.6 is 0 Å². The van der Waals surface area contributed by atoms with Gasteiger partial charge in [-0.2, -0.15) is 0 Å². The highest BCUT2D eigenvalue weighted by Gasteiger charge is 2.35. The van der Waals surface area contributed by atoms with Crippen molar-refractivity contribution in [3.63, 3.8) is 0 Å². The van der Waals surface area contributed by atoms with E-state index in [0.29, 0.717) is 11.1 Å². The molecule has 1 aliphatic heterocycles. The van der Waals surface area contributed by atoms with Gasteiger partial charge in [-0.05, 0) is 39.8 Å². The SMILES string of the molecule is Cc1ccc2c(c1)C(=O)N(CCC(=O)OCC(=O)N(C)CC(=O)NC(C)(C)C)C2=O. The first-order valence-corrected chi connectivity index (χ1v) is 9.56. The van der Waals surface area contributed by atoms with Crippen LogP contribution in [0, 0.1) is 6.92 Å². The van der Waals surface area contributed by atoms with Crippen molar-refractivity contribution in [1.82, 2.24) is 15.1 Å². The lowest BCUT2D eigenvalue weighted by Gasteiger charge is -2.23. The predicted molar refractivity (Wildman–Crippen MR) is 108 cm³/mol. The maximum atomic E-state index is 12.4. The molecular formula is C21H27N3O6. The van der Waals surface area contributed by atoms with Crippen molar-refractivity contribution < 1.29 is 28.7 Å². The molecule has 9 heteroatoms. The summed E-state index contributed by atoms with van der Waals surface area (Å²) in [5.74, 6) is -2.49. The van der Waals surface area contributed by atoms with Gasteiger partial charge in [0.1, 0.15) is 0 Å². The van der Waals surface area contributed by atoms with Crippen LogP contribution in [0.1, 0.15) is 53.5 Å². The zero-order valence-electron chi connectivity index (χ0n) is 17.9. The highest BCUT2D eigenvalue weighted by Crippen LogP contribution is 2.23. The van der Waals surface area contributed by atoms with E-state index in [1.807, 2.05) is 27.7 Å². The lowest BCUT2D eigenvalue weighted by atomic mass is 10.1. The Kier molecular flexibility index (Phi) is 6.96. The van der Waals surface area contributed by atoms with Crippen LogP contribution < -0.4 is 5.32 Å². The average molecular weight is 417 g/mol. The van der Waals surface area contributed by atoms with Gasteiger partial charge in [0, 0.05) is 19.1 Å². The van der Waals surface area contributed by atoms with Gasteiger partial charge in [0.25, 0.3) is 17.7 Å². The molecule has 0 atom stereocenters. The molecule has 0 bridgehead atoms. The number of amides is 4. The second kappa shape index (κ2) is 9.06. The molecule has 1 aromatic rings. The van der Waals surface area contributed by atoms with Gasteiger partial charge < -0.3 is 15.0 Å². The first-order chi connectivity index (χ1) is 13.9. The predicted octanol–water partition coefficient (Wildman–Crippen LogP) is 0.897. The zero-order valence-corrected chi connectivity index (χ0v) is 17.9. The minimum Gasteiger partial charge on any atom is -0.456 e. The molecule has 9 nitrogen and oxygen atoms in total. The number of ether oxygens (including phenoxy) is 1. The van der Waals surface area contributed by atoms with Crippen LogP contribution in [0.5, 0.6) is 0 Å². The topological polar surface area (TPSA) is 113 Å². The van der Waals surface area contributed by atoms with Gasteiger partial charge in [-0.15, -0.1) is 0 Å². The van der Waals surface area contributed by atoms with Crippen LogP contribution in [0.2, 0.25) is 0 Å². The molecule has 0 radical (unpaired) electrons. The summed E-state index contributed by atoms with van der Waals surface area (Å²) in [6.45, 7) is 6.46. The van der Waals surface area contributed by atoms with Gasteiger partial charge >= 0.3 is 5.97 Å². The fourth-order valence-corrected chi connectivity index (χ4v) is 2.90. The fraction of sp³-hybridized carbons (Fsp3) is 0.476. The Bertz CT molecular complexity index is 887. The van der Waals surface area contributed by atoms with Crippen molar-refractivity contribution in [2.75, 3.05) is 26.7 Å². The standard InChI is InChI=1S/C21H27N3O6/c1-13-6-7-14-15(10-13)20(29)24(19(14)28)9-8-18(27)30-12-17(26)23(5)11-16(25)22-21(2,3)4/h6-7,10H,8-9,11-12H2,1-5H3,(H,22,25). The highest BCUT2D eigenvalue weighted by molar-refractivity contribution is 6.21. The monoisotopic (exact) mass is 417 g/mol. The van der Waals surface area contributed by atoms with E-state index in [1.165, 1.54) is 7.05 Å². The molecule has 0 saturated carbocycles. The van der Waals surface area contributed by atoms with E-state index in [1.54, 1.807) is 18.2 Å². The smallest absolute Gasteiger partial charge is 0.308 e. The summed E-state index contributed by atoms with van der Waals surface area (Å²) < 4.78 is 4.92. The molecule has 30 heavy (non-hydrogen) atoms. The second-order valence-corrected chi connectivity index (χ2v) is 8.27. The first kappa shape index (κ1) is 23.1. The molecule has 1 aromatic carbocycles. The number of imide groups is 1. The van der Waals surface area contributed by atoms with Crippen molar-refractivity contribution >= 4 is 29.6 Å². The fourth-order valence-electron chi connectivity index (χ4n) is 2.90. The molecule has 1 aliphatic rings. The quantitative estimate of drug-likeness (QED) is 0.521. The number of carbonyl (C=O) groups is 5. The number of fused-ring (bicyclic) bond motifs is 1. The number of nitrogens with one attached hydrogen (secondary N) is 1. The van der Waals surface area contributed by atoms with E-state index < -0.39 is 35.8 Å². The Morgan fingerprint density at radius 2 is 1.73 bits per heavy atom. The minimum absolute atomic E-state index is 0.137. The molecule has 1 heterocycles. The van der Waals surface area contributed by atoms with Crippen molar-refractivity contribution in [2.45, 2.75) is 39.7 Å². The Morgan fingerprint density at radius 3 is 2.37 bits per heavy atom. The number of benzene rings is 1. The Hall–Kier alpha value is -3.23. The first-order valence-electron chi connectivity index (χ1n) is 9.56. The van der Waals surface area contributed by atoms with Crippen molar-refractivity contribution in [1.29, 1.82) is 0 Å². The van der Waals surface area contributed by atoms with Gasteiger partial charge in [-0.3, -0.25) is 28.9 Å². The molecule has 0 spiro atoms. The number of aryl methyl sites for hydroxylation is 1. The van der Waals surface area contributed by atoms with Crippen LogP contribution in [0.4, 0.5) is 0 Å². The number of rotatable bonds is 7. The molecule has 162 valence electrons. The summed E-state index contributed by atoms with van der Waals surface area (Å²) >= 11 is 0. The number of likely N-dealkylation sites (N-methyl/N-ethyl adjacent to an activating group) is 1. The van der Waals surface area contributed by atoms with Crippen LogP contribution in [0.25, 0.3) is 0 Å². The van der Waals surface area contributed by atoms with Crippen LogP contribution in [-0.4, -0.2) is 71.7 Å². The van der Waals surface area contributed by atoms with Gasteiger partial charge in [-0.1, -0.05) is 11.6 Å². The number of esters is 1. The van der Waals surface area contributed by atoms with E-state index in [-0.39, 0.29) is 25.4 Å². The van der Waals surface area contributed by atoms with Gasteiger partial charge in [-0.25, -0.2) is 0 Å². The van der Waals surface area contributed by atoms with E-state index in [0.717, 1.165) is 15.4 Å². The molecular weight excluding hydrogens is 390 g/mol. The van der Waals surface area contributed by atoms with Crippen LogP contribution in [-0.2, 0) is 19.1 Å². The van der Waals surface area contributed by atoms with Gasteiger partial charge in [0.15, 0.2) is 6.61 Å². The summed E-state index contributed by atoms with van der Waals surface area (Å²) in [6, 6.07) is 4.97. The van der Waals surface area contributed by atoms with Crippen molar-refractivity contribution in [3.8, 4) is 0 Å². The van der Waals surface area contributed by atoms with E-state index in [9.17, 15) is 24.0 Å². The van der Waals surface area contributed by atoms with Crippen molar-refractivity contribution in [3.05, 3.63) is 34.9 Å². The molecule has 0 saturated heterocycles. The van der Waals surface area contributed by atoms with Crippen LogP contribution in [0.15, 0.2) is 18.2 Å². The molecule has 1 N–H and O–H groups in total. The molecule has 0 aliphatic carbocycles. The molecule has 4 amide bonds. The summed E-state index contributed by atoms with van der Waals surface area (Å²) in [6.07, 6.45) is -0.230. The Labute approximate surface area is 175 Å². The van der Waals surface area contributed by atoms with E-state index in [2.05, 4.69) is 5.32 Å². The third-order valence-electron chi connectivity index (χ3n) is 4.34. The van der Waals surface area contributed by atoms with E-state index in [4.69, 9.17) is 4.74 Å². The Morgan fingerprint density at radius 1 is 1.10 bits per heavy atom. The molecule has 0 fully saturated rings. The van der Waals surface area contributed by atoms with Crippen LogP contribution in [0.3, 0.4) is 0 Å². The summed E-state index contributed by atoms with van der Waals surface area (Å²) in [7, 11) is 1.43. The summed E-state index contributed by atoms with van der Waals surface area (Å²) in [5.41, 5.74) is 1.06. The zero-order chi connectivity index (χ0) is 22.6. The Balaban J connectivity index is 1.79. The third kappa shape index (κ3) is 5.88. The number of carbonyl (C=O) groups excluding carboxylic acids is 5. The summed E-state index contributed by atoms with van der Waals surface area (Å²) in [5, 5.41) is 2.73. The number of nitrogens with zero attached hydrogens (tertiary/aromatic N) is 2. The minimum atomic E-state index is -0.719. The maximum Gasteiger partial charge on any atom is 0.308 e. The number of hydrogen-bond donors (Lipinski definition) is 1. The number of hydrogen-bond acceptors (Lipinski definition) is 6. The molecule has 0 aromatic heterocycles. The highest BCUT2D eigenvalue weighted by atomic mass is 16.5. The summed E-state index contributed by atoms with van der Waals surface area (Å²) in [4.78, 5) is 62.7.